The van der Waals surface area contributed by atoms with Crippen molar-refractivity contribution in [1.82, 2.24) is 9.97 Å². The lowest BCUT2D eigenvalue weighted by Crippen LogP contribution is -2.16. The van der Waals surface area contributed by atoms with Crippen LogP contribution in [0.15, 0.2) is 67.0 Å². The Balaban J connectivity index is 1.82. The summed E-state index contributed by atoms with van der Waals surface area (Å²) in [5.74, 6) is 6.18. The van der Waals surface area contributed by atoms with Gasteiger partial charge in [-0.05, 0) is 54.4 Å². The average Bonchev–Trinajstić information content (AvgIpc) is 2.91. The van der Waals surface area contributed by atoms with Crippen molar-refractivity contribution in [3.63, 3.8) is 0 Å². The van der Waals surface area contributed by atoms with E-state index in [1.807, 2.05) is 13.0 Å². The summed E-state index contributed by atoms with van der Waals surface area (Å²) in [7, 11) is -0.227. The molecule has 0 fully saturated rings. The third-order valence-electron chi connectivity index (χ3n) is 5.52. The number of carbonyl (C=O) groups is 1. The molecule has 4 rings (SSSR count). The first-order valence-electron chi connectivity index (χ1n) is 11.0. The quantitative estimate of drug-likeness (QED) is 0.242. The molecule has 0 aliphatic carbocycles. The predicted molar refractivity (Wildman–Crippen MR) is 138 cm³/mol. The third kappa shape index (κ3) is 4.85. The number of fused-ring (bicyclic) bond motifs is 1. The largest absolute Gasteiger partial charge is 0.496 e. The lowest BCUT2D eigenvalue weighted by molar-refractivity contribution is 0.0592. The van der Waals surface area contributed by atoms with Crippen LogP contribution >= 0.6 is 0 Å². The molecule has 2 aromatic carbocycles. The van der Waals surface area contributed by atoms with Crippen molar-refractivity contribution in [1.29, 1.82) is 0 Å². The number of anilines is 2. The standard InChI is InChI=1S/C27H23N3O5S/c1-4-19-16-18(17-29-25(19)27(31)35-3)11-12-20-8-5-6-10-22(20)30(36(32)33)23-13-14-24(34-2)21-9-7-15-28-26(21)23/h5-10,13-17,36H,4H2,1-3H3. The maximum Gasteiger partial charge on any atom is 0.356 e. The topological polar surface area (TPSA) is 98.7 Å². The number of aromatic nitrogens is 2. The molecule has 0 spiro atoms. The lowest BCUT2D eigenvalue weighted by atomic mass is 10.1. The Morgan fingerprint density at radius 2 is 1.81 bits per heavy atom. The van der Waals surface area contributed by atoms with E-state index in [1.165, 1.54) is 17.6 Å². The van der Waals surface area contributed by atoms with Gasteiger partial charge in [-0.3, -0.25) is 4.98 Å². The highest BCUT2D eigenvalue weighted by atomic mass is 32.2. The Hall–Kier alpha value is -4.42. The smallest absolute Gasteiger partial charge is 0.356 e. The number of pyridine rings is 2. The molecule has 9 heteroatoms. The Morgan fingerprint density at radius 1 is 1.00 bits per heavy atom. The molecule has 0 amide bonds. The summed E-state index contributed by atoms with van der Waals surface area (Å²) < 4.78 is 36.5. The normalized spacial score (nSPS) is 10.6. The summed E-state index contributed by atoms with van der Waals surface area (Å²) in [5, 5.41) is 0.687. The van der Waals surface area contributed by atoms with Gasteiger partial charge in [0.15, 0.2) is 5.69 Å². The monoisotopic (exact) mass is 501 g/mol. The highest BCUT2D eigenvalue weighted by Gasteiger charge is 2.20. The van der Waals surface area contributed by atoms with Crippen molar-refractivity contribution >= 4 is 39.1 Å². The molecule has 0 radical (unpaired) electrons. The molecule has 182 valence electrons. The van der Waals surface area contributed by atoms with Crippen molar-refractivity contribution in [2.45, 2.75) is 13.3 Å². The average molecular weight is 502 g/mol. The van der Waals surface area contributed by atoms with Crippen LogP contribution in [0.25, 0.3) is 10.9 Å². The van der Waals surface area contributed by atoms with Gasteiger partial charge < -0.3 is 9.47 Å². The molecule has 8 nitrogen and oxygen atoms in total. The molecule has 2 aromatic heterocycles. The molecule has 0 N–H and O–H groups in total. The minimum Gasteiger partial charge on any atom is -0.496 e. The van der Waals surface area contributed by atoms with Crippen LogP contribution in [0.5, 0.6) is 5.75 Å². The number of ether oxygens (including phenoxy) is 2. The van der Waals surface area contributed by atoms with Crippen molar-refractivity contribution in [2.75, 3.05) is 18.5 Å². The number of hydrogen-bond donors (Lipinski definition) is 1. The number of para-hydroxylation sites is 1. The number of hydrogen-bond acceptors (Lipinski definition) is 7. The number of nitrogens with zero attached hydrogens (tertiary/aromatic N) is 3. The summed E-state index contributed by atoms with van der Waals surface area (Å²) in [6.45, 7) is 1.91. The van der Waals surface area contributed by atoms with Crippen molar-refractivity contribution in [3.05, 3.63) is 89.4 Å². The molecular formula is C27H23N3O5S. The number of rotatable bonds is 6. The molecule has 2 heterocycles. The van der Waals surface area contributed by atoms with Gasteiger partial charge in [0.05, 0.1) is 31.1 Å². The number of aryl methyl sites for hydroxylation is 1. The summed E-state index contributed by atoms with van der Waals surface area (Å²) in [4.78, 5) is 20.6. The number of methoxy groups -OCH3 is 2. The van der Waals surface area contributed by atoms with Crippen LogP contribution in [0.1, 0.15) is 34.1 Å². The van der Waals surface area contributed by atoms with Gasteiger partial charge in [0.1, 0.15) is 5.75 Å². The lowest BCUT2D eigenvalue weighted by Gasteiger charge is -2.21. The summed E-state index contributed by atoms with van der Waals surface area (Å²) in [5.41, 5.74) is 3.29. The van der Waals surface area contributed by atoms with Gasteiger partial charge in [0, 0.05) is 28.9 Å². The van der Waals surface area contributed by atoms with Gasteiger partial charge in [-0.15, -0.1) is 0 Å². The van der Waals surface area contributed by atoms with E-state index < -0.39 is 16.9 Å². The zero-order valence-corrected chi connectivity index (χ0v) is 20.8. The van der Waals surface area contributed by atoms with Crippen LogP contribution in [0.3, 0.4) is 0 Å². The van der Waals surface area contributed by atoms with Crippen LogP contribution in [-0.2, 0) is 22.0 Å². The van der Waals surface area contributed by atoms with Gasteiger partial charge in [-0.1, -0.05) is 30.9 Å². The second-order valence-corrected chi connectivity index (χ2v) is 8.46. The number of esters is 1. The fraction of sp³-hybridized carbons (Fsp3) is 0.148. The highest BCUT2D eigenvalue weighted by molar-refractivity contribution is 7.74. The molecule has 0 aliphatic rings. The van der Waals surface area contributed by atoms with Gasteiger partial charge in [0.25, 0.3) is 0 Å². The maximum absolute atomic E-state index is 12.5. The molecule has 4 aromatic rings. The van der Waals surface area contributed by atoms with Gasteiger partial charge in [-0.25, -0.2) is 22.5 Å². The highest BCUT2D eigenvalue weighted by Crippen LogP contribution is 2.36. The number of benzene rings is 2. The van der Waals surface area contributed by atoms with Crippen LogP contribution in [0, 0.1) is 11.8 Å². The van der Waals surface area contributed by atoms with Crippen LogP contribution in [0.2, 0.25) is 0 Å². The van der Waals surface area contributed by atoms with Crippen LogP contribution in [-0.4, -0.2) is 38.6 Å². The molecule has 0 saturated heterocycles. The minimum absolute atomic E-state index is 0.249. The predicted octanol–water partition coefficient (Wildman–Crippen LogP) is 4.05. The van der Waals surface area contributed by atoms with E-state index in [1.54, 1.807) is 61.8 Å². The Kier molecular flexibility index (Phi) is 7.47. The first-order chi connectivity index (χ1) is 17.5. The van der Waals surface area contributed by atoms with E-state index >= 15 is 0 Å². The molecule has 36 heavy (non-hydrogen) atoms. The van der Waals surface area contributed by atoms with Crippen molar-refractivity contribution in [2.24, 2.45) is 0 Å². The Bertz CT molecular complexity index is 1580. The molecule has 0 bridgehead atoms. The van der Waals surface area contributed by atoms with Gasteiger partial charge >= 0.3 is 5.97 Å². The maximum atomic E-state index is 12.5. The van der Waals surface area contributed by atoms with Crippen molar-refractivity contribution in [3.8, 4) is 17.6 Å². The first-order valence-corrected chi connectivity index (χ1v) is 12.2. The zero-order chi connectivity index (χ0) is 25.7. The summed E-state index contributed by atoms with van der Waals surface area (Å²) in [6, 6.07) is 15.7. The van der Waals surface area contributed by atoms with E-state index in [-0.39, 0.29) is 5.69 Å². The molecule has 0 aliphatic heterocycles. The van der Waals surface area contributed by atoms with Gasteiger partial charge in [0.2, 0.25) is 10.9 Å². The Morgan fingerprint density at radius 3 is 2.53 bits per heavy atom. The number of carbonyl (C=O) groups excluding carboxylic acids is 1. The molecular weight excluding hydrogens is 478 g/mol. The fourth-order valence-corrected chi connectivity index (χ4v) is 4.51. The molecule has 0 atom stereocenters. The SMILES string of the molecule is CCc1cc(C#Cc2ccccc2N(c2ccc(OC)c3cccnc23)[SH](=O)=O)cnc1C(=O)OC. The fourth-order valence-electron chi connectivity index (χ4n) is 3.82. The summed E-state index contributed by atoms with van der Waals surface area (Å²) >= 11 is 0. The second kappa shape index (κ2) is 10.9. The van der Waals surface area contributed by atoms with Crippen LogP contribution in [0.4, 0.5) is 11.4 Å². The second-order valence-electron chi connectivity index (χ2n) is 7.58. The molecule has 0 saturated carbocycles. The zero-order valence-electron chi connectivity index (χ0n) is 19.9. The van der Waals surface area contributed by atoms with E-state index in [2.05, 4.69) is 21.8 Å². The molecule has 0 unspecified atom stereocenters. The third-order valence-corrected chi connectivity index (χ3v) is 6.28. The van der Waals surface area contributed by atoms with E-state index in [0.29, 0.717) is 51.1 Å². The van der Waals surface area contributed by atoms with Gasteiger partial charge in [-0.2, -0.15) is 0 Å². The first kappa shape index (κ1) is 24.7. The minimum atomic E-state index is -3.09. The van der Waals surface area contributed by atoms with E-state index in [0.717, 1.165) is 0 Å². The number of thiol groups is 1. The van der Waals surface area contributed by atoms with Crippen molar-refractivity contribution < 1.29 is 22.7 Å². The van der Waals surface area contributed by atoms with Crippen LogP contribution < -0.4 is 9.04 Å². The summed E-state index contributed by atoms with van der Waals surface area (Å²) in [6.07, 6.45) is 3.67. The van der Waals surface area contributed by atoms with E-state index in [4.69, 9.17) is 9.47 Å². The Labute approximate surface area is 210 Å². The van der Waals surface area contributed by atoms with E-state index in [9.17, 15) is 13.2 Å².